The molecular formula is C28H36O6. The van der Waals surface area contributed by atoms with Gasteiger partial charge >= 0.3 is 11.9 Å². The van der Waals surface area contributed by atoms with Crippen molar-refractivity contribution in [3.05, 3.63) is 60.2 Å². The molecule has 2 atom stereocenters. The van der Waals surface area contributed by atoms with Crippen LogP contribution in [-0.4, -0.2) is 37.4 Å². The standard InChI is InChI=1S/C28H36O6/c1-8-20-15-25(31-16-21(9-2)33-27(29)18(4)5)23-13-11-12-14-24(23)26(20)32-17-22(10-3)34-28(30)19(6)7/h11-15,21-22H,4,6,8-10,16-17H2,1-3,5,7H3. The van der Waals surface area contributed by atoms with Gasteiger partial charge in [0.15, 0.2) is 0 Å². The molecule has 0 spiro atoms. The van der Waals surface area contributed by atoms with Crippen molar-refractivity contribution >= 4 is 22.7 Å². The van der Waals surface area contributed by atoms with Gasteiger partial charge in [0, 0.05) is 21.9 Å². The lowest BCUT2D eigenvalue weighted by Gasteiger charge is -2.22. The molecule has 0 saturated heterocycles. The number of rotatable bonds is 13. The first-order valence-electron chi connectivity index (χ1n) is 11.7. The zero-order valence-corrected chi connectivity index (χ0v) is 20.9. The SMILES string of the molecule is C=C(C)C(=O)OC(CC)COc1cc(CC)c(OCC(CC)OC(=O)C(=C)C)c2ccccc12. The highest BCUT2D eigenvalue weighted by atomic mass is 16.6. The average molecular weight is 469 g/mol. The van der Waals surface area contributed by atoms with Gasteiger partial charge in [0.05, 0.1) is 0 Å². The van der Waals surface area contributed by atoms with Crippen LogP contribution < -0.4 is 9.47 Å². The highest BCUT2D eigenvalue weighted by Crippen LogP contribution is 2.37. The Morgan fingerprint density at radius 3 is 1.79 bits per heavy atom. The predicted octanol–water partition coefficient (Wildman–Crippen LogP) is 5.96. The Kier molecular flexibility index (Phi) is 10.2. The first-order valence-corrected chi connectivity index (χ1v) is 11.7. The maximum atomic E-state index is 11.9. The summed E-state index contributed by atoms with van der Waals surface area (Å²) in [4.78, 5) is 23.8. The molecule has 2 rings (SSSR count). The van der Waals surface area contributed by atoms with E-state index in [2.05, 4.69) is 13.2 Å². The molecular weight excluding hydrogens is 432 g/mol. The molecule has 0 fully saturated rings. The molecule has 2 aromatic carbocycles. The summed E-state index contributed by atoms with van der Waals surface area (Å²) in [5.41, 5.74) is 1.69. The predicted molar refractivity (Wildman–Crippen MR) is 134 cm³/mol. The van der Waals surface area contributed by atoms with Crippen molar-refractivity contribution in [2.75, 3.05) is 13.2 Å². The molecule has 0 aliphatic carbocycles. The van der Waals surface area contributed by atoms with Gasteiger partial charge in [-0.05, 0) is 44.7 Å². The Hall–Kier alpha value is -3.28. The second-order valence-corrected chi connectivity index (χ2v) is 8.32. The molecule has 6 nitrogen and oxygen atoms in total. The number of carbonyl (C=O) groups excluding carboxylic acids is 2. The van der Waals surface area contributed by atoms with E-state index >= 15 is 0 Å². The molecule has 34 heavy (non-hydrogen) atoms. The van der Waals surface area contributed by atoms with Crippen molar-refractivity contribution in [1.29, 1.82) is 0 Å². The summed E-state index contributed by atoms with van der Waals surface area (Å²) in [6.45, 7) is 16.9. The third-order valence-corrected chi connectivity index (χ3v) is 5.41. The minimum absolute atomic E-state index is 0.234. The Bertz CT molecular complexity index is 1040. The van der Waals surface area contributed by atoms with E-state index in [9.17, 15) is 9.59 Å². The first kappa shape index (κ1) is 27.0. The summed E-state index contributed by atoms with van der Waals surface area (Å²) in [5, 5.41) is 1.80. The molecule has 0 amide bonds. The first-order chi connectivity index (χ1) is 16.2. The van der Waals surface area contributed by atoms with E-state index in [1.54, 1.807) is 13.8 Å². The number of hydrogen-bond acceptors (Lipinski definition) is 6. The molecule has 0 bridgehead atoms. The molecule has 0 N–H and O–H groups in total. The van der Waals surface area contributed by atoms with Crippen molar-refractivity contribution in [3.8, 4) is 11.5 Å². The maximum absolute atomic E-state index is 11.9. The number of benzene rings is 2. The molecule has 0 aliphatic heterocycles. The van der Waals surface area contributed by atoms with Crippen LogP contribution in [0.25, 0.3) is 10.8 Å². The minimum Gasteiger partial charge on any atom is -0.489 e. The van der Waals surface area contributed by atoms with Gasteiger partial charge in [0.2, 0.25) is 0 Å². The molecule has 0 radical (unpaired) electrons. The maximum Gasteiger partial charge on any atom is 0.333 e. The van der Waals surface area contributed by atoms with Crippen molar-refractivity contribution < 1.29 is 28.5 Å². The molecule has 2 unspecified atom stereocenters. The summed E-state index contributed by atoms with van der Waals surface area (Å²) in [6.07, 6.45) is 1.22. The van der Waals surface area contributed by atoms with Crippen LogP contribution in [0.5, 0.6) is 11.5 Å². The topological polar surface area (TPSA) is 71.1 Å². The zero-order valence-electron chi connectivity index (χ0n) is 20.9. The number of ether oxygens (including phenoxy) is 4. The Labute approximate surface area is 202 Å². The van der Waals surface area contributed by atoms with Crippen LogP contribution in [0.3, 0.4) is 0 Å². The van der Waals surface area contributed by atoms with Crippen LogP contribution in [0.1, 0.15) is 53.0 Å². The van der Waals surface area contributed by atoms with Gasteiger partial charge in [-0.2, -0.15) is 0 Å². The average Bonchev–Trinajstić information content (AvgIpc) is 2.83. The number of carbonyl (C=O) groups is 2. The van der Waals surface area contributed by atoms with E-state index in [1.165, 1.54) is 0 Å². The molecule has 2 aromatic rings. The van der Waals surface area contributed by atoms with E-state index in [-0.39, 0.29) is 25.4 Å². The molecule has 0 aliphatic rings. The van der Waals surface area contributed by atoms with Crippen LogP contribution >= 0.6 is 0 Å². The van der Waals surface area contributed by atoms with Gasteiger partial charge in [0.1, 0.15) is 36.9 Å². The van der Waals surface area contributed by atoms with Gasteiger partial charge in [-0.25, -0.2) is 9.59 Å². The molecule has 0 heterocycles. The van der Waals surface area contributed by atoms with E-state index in [0.717, 1.165) is 28.5 Å². The number of esters is 2. The van der Waals surface area contributed by atoms with Crippen molar-refractivity contribution in [3.63, 3.8) is 0 Å². The fourth-order valence-electron chi connectivity index (χ4n) is 3.26. The van der Waals surface area contributed by atoms with Crippen molar-refractivity contribution in [2.45, 2.75) is 66.1 Å². The Morgan fingerprint density at radius 1 is 0.824 bits per heavy atom. The summed E-state index contributed by atoms with van der Waals surface area (Å²) in [7, 11) is 0. The van der Waals surface area contributed by atoms with Crippen LogP contribution in [-0.2, 0) is 25.5 Å². The normalized spacial score (nSPS) is 12.5. The molecule has 0 aromatic heterocycles. The van der Waals surface area contributed by atoms with Crippen LogP contribution in [0.2, 0.25) is 0 Å². The van der Waals surface area contributed by atoms with E-state index < -0.39 is 11.9 Å². The van der Waals surface area contributed by atoms with Crippen molar-refractivity contribution in [1.82, 2.24) is 0 Å². The summed E-state index contributed by atoms with van der Waals surface area (Å²) >= 11 is 0. The third kappa shape index (κ3) is 7.11. The highest BCUT2D eigenvalue weighted by molar-refractivity contribution is 5.94. The smallest absolute Gasteiger partial charge is 0.333 e. The largest absolute Gasteiger partial charge is 0.489 e. The van der Waals surface area contributed by atoms with Gasteiger partial charge in [-0.15, -0.1) is 0 Å². The third-order valence-electron chi connectivity index (χ3n) is 5.41. The van der Waals surface area contributed by atoms with Gasteiger partial charge in [-0.3, -0.25) is 0 Å². The van der Waals surface area contributed by atoms with Crippen LogP contribution in [0.15, 0.2) is 54.6 Å². The lowest BCUT2D eigenvalue weighted by atomic mass is 10.0. The van der Waals surface area contributed by atoms with E-state index in [4.69, 9.17) is 18.9 Å². The van der Waals surface area contributed by atoms with Gasteiger partial charge < -0.3 is 18.9 Å². The summed E-state index contributed by atoms with van der Waals surface area (Å²) in [5.74, 6) is 0.607. The quantitative estimate of drug-likeness (QED) is 0.267. The van der Waals surface area contributed by atoms with E-state index in [0.29, 0.717) is 29.7 Å². The fraction of sp³-hybridized carbons (Fsp3) is 0.429. The zero-order chi connectivity index (χ0) is 25.3. The summed E-state index contributed by atoms with van der Waals surface area (Å²) < 4.78 is 23.3. The lowest BCUT2D eigenvalue weighted by Crippen LogP contribution is -2.25. The fourth-order valence-corrected chi connectivity index (χ4v) is 3.26. The second-order valence-electron chi connectivity index (χ2n) is 8.32. The van der Waals surface area contributed by atoms with E-state index in [1.807, 2.05) is 51.1 Å². The number of fused-ring (bicyclic) bond motifs is 1. The Morgan fingerprint density at radius 2 is 1.32 bits per heavy atom. The molecule has 0 saturated carbocycles. The number of hydrogen-bond donors (Lipinski definition) is 0. The van der Waals surface area contributed by atoms with Gasteiger partial charge in [0.25, 0.3) is 0 Å². The Balaban J connectivity index is 2.28. The monoisotopic (exact) mass is 468 g/mol. The lowest BCUT2D eigenvalue weighted by molar-refractivity contribution is -0.146. The molecule has 184 valence electrons. The van der Waals surface area contributed by atoms with Crippen LogP contribution in [0.4, 0.5) is 0 Å². The minimum atomic E-state index is -0.420. The van der Waals surface area contributed by atoms with Gasteiger partial charge in [-0.1, -0.05) is 58.2 Å². The molecule has 6 heteroatoms. The van der Waals surface area contributed by atoms with Crippen LogP contribution in [0, 0.1) is 0 Å². The second kappa shape index (κ2) is 12.8. The highest BCUT2D eigenvalue weighted by Gasteiger charge is 2.19. The van der Waals surface area contributed by atoms with Crippen molar-refractivity contribution in [2.24, 2.45) is 0 Å². The summed E-state index contributed by atoms with van der Waals surface area (Å²) in [6, 6.07) is 9.80. The number of aryl methyl sites for hydroxylation is 1.